The fraction of sp³-hybridized carbons (Fsp3) is 0.229. The van der Waals surface area contributed by atoms with Gasteiger partial charge in [-0.2, -0.15) is 0 Å². The van der Waals surface area contributed by atoms with Crippen molar-refractivity contribution < 1.29 is 101 Å². The van der Waals surface area contributed by atoms with Gasteiger partial charge in [-0.1, -0.05) is 91.0 Å². The fourth-order valence-electron chi connectivity index (χ4n) is 11.1. The van der Waals surface area contributed by atoms with Crippen LogP contribution >= 0.6 is 16.1 Å². The molecule has 15 rings (SSSR count). The van der Waals surface area contributed by atoms with Gasteiger partial charge in [0.05, 0.1) is 66.7 Å². The summed E-state index contributed by atoms with van der Waals surface area (Å²) in [6.45, 7) is 0. The molecule has 4 saturated carbocycles. The van der Waals surface area contributed by atoms with Crippen molar-refractivity contribution in [3.05, 3.63) is 223 Å². The number of pyridine rings is 4. The van der Waals surface area contributed by atoms with Crippen molar-refractivity contribution >= 4 is 86.7 Å². The number of aromatic nitrogens is 4. The summed E-state index contributed by atoms with van der Waals surface area (Å²) in [5, 5.41) is 9.23. The third kappa shape index (κ3) is 14.1. The van der Waals surface area contributed by atoms with Crippen LogP contribution in [0.5, 0.6) is 23.0 Å². The van der Waals surface area contributed by atoms with E-state index in [0.29, 0.717) is 23.7 Å². The molecule has 0 radical (unpaired) electrons. The van der Waals surface area contributed by atoms with Gasteiger partial charge in [-0.15, -0.1) is 0 Å². The standard InChI is InChI=1S/C46H49NO4P2.2C12H8N2.2Cu.2HI/c1-48-39-26-34(30-10-11-30)18-22-43(39)52(44-23-19-35(31-12-13-31)27-40(44)49-2)47(38-8-6-5-7-9-38)53(45-24-20-36(32-14-15-32)28-41(45)50-3)46-25-21-37(33-16-17-33)29-42(46)51-4;2*1-3-9-5-6-10-4-2-8-14-12(10)11(9)13-7-1;;;;/h5-9,18-33H,10-17H2,1-4H3;2*1-8H;;;2*1H/q;;;2*+1;;/p-2. The molecule has 0 unspecified atom stereocenters. The average Bonchev–Trinajstić information content (AvgIpc) is 2.84. The average molecular weight is 1480 g/mol. The number of methoxy groups -OCH3 is 4. The van der Waals surface area contributed by atoms with E-state index in [-0.39, 0.29) is 82.1 Å². The molecule has 0 amide bonds. The molecule has 4 aliphatic rings. The normalized spacial score (nSPS) is 14.1. The summed E-state index contributed by atoms with van der Waals surface area (Å²) < 4.78 is 28.2. The van der Waals surface area contributed by atoms with E-state index in [4.69, 9.17) is 18.9 Å². The Kier molecular flexibility index (Phi) is 21.9. The van der Waals surface area contributed by atoms with Crippen molar-refractivity contribution in [1.29, 1.82) is 0 Å². The fourth-order valence-corrected chi connectivity index (χ4v) is 17.3. The van der Waals surface area contributed by atoms with Crippen molar-refractivity contribution in [1.82, 2.24) is 19.9 Å². The van der Waals surface area contributed by atoms with Gasteiger partial charge in [0.15, 0.2) is 0 Å². The van der Waals surface area contributed by atoms with Gasteiger partial charge in [-0.3, -0.25) is 19.9 Å². The summed E-state index contributed by atoms with van der Waals surface area (Å²) in [4.78, 5) is 17.4. The molecule has 7 aromatic carbocycles. The van der Waals surface area contributed by atoms with Gasteiger partial charge in [-0.25, -0.2) is 0 Å². The second kappa shape index (κ2) is 29.0. The van der Waals surface area contributed by atoms with Crippen molar-refractivity contribution in [3.63, 3.8) is 0 Å². The maximum absolute atomic E-state index is 6.38. The Labute approximate surface area is 556 Å². The molecule has 0 spiro atoms. The molecule has 440 valence electrons. The maximum atomic E-state index is 6.38. The molecule has 4 aromatic heterocycles. The molecule has 0 N–H and O–H groups in total. The van der Waals surface area contributed by atoms with Gasteiger partial charge in [-0.05, 0) is 182 Å². The minimum atomic E-state index is -1.30. The molecule has 0 aliphatic heterocycles. The number of nitrogens with zero attached hydrogens (tertiary/aromatic N) is 5. The summed E-state index contributed by atoms with van der Waals surface area (Å²) >= 11 is 0. The van der Waals surface area contributed by atoms with Crippen LogP contribution in [0.25, 0.3) is 43.6 Å². The van der Waals surface area contributed by atoms with Crippen molar-refractivity contribution in [3.8, 4) is 23.0 Å². The molecule has 0 bridgehead atoms. The number of halogens is 2. The minimum absolute atomic E-state index is 0. The van der Waals surface area contributed by atoms with Gasteiger partial charge in [0.1, 0.15) is 23.0 Å². The zero-order chi connectivity index (χ0) is 54.8. The van der Waals surface area contributed by atoms with Crippen LogP contribution in [0.2, 0.25) is 0 Å². The van der Waals surface area contributed by atoms with E-state index in [9.17, 15) is 0 Å². The Hall–Kier alpha value is -5.46. The summed E-state index contributed by atoms with van der Waals surface area (Å²) in [5.41, 5.74) is 10.5. The number of anilines is 1. The van der Waals surface area contributed by atoms with Crippen molar-refractivity contribution in [2.24, 2.45) is 0 Å². The van der Waals surface area contributed by atoms with Crippen LogP contribution in [0.4, 0.5) is 5.69 Å². The first-order valence-electron chi connectivity index (χ1n) is 28.3. The Morgan fingerprint density at radius 2 is 0.588 bits per heavy atom. The molecule has 4 aliphatic carbocycles. The number of fused-ring (bicyclic) bond motifs is 6. The van der Waals surface area contributed by atoms with E-state index in [1.165, 1.54) is 94.8 Å². The summed E-state index contributed by atoms with van der Waals surface area (Å²) in [7, 11) is 4.69. The molecule has 0 atom stereocenters. The van der Waals surface area contributed by atoms with E-state index in [1.54, 1.807) is 24.8 Å². The number of hydrogen-bond acceptors (Lipinski definition) is 9. The van der Waals surface area contributed by atoms with E-state index in [2.05, 4.69) is 176 Å². The van der Waals surface area contributed by atoms with Crippen LogP contribution in [0, 0.1) is 0 Å². The van der Waals surface area contributed by atoms with E-state index < -0.39 is 16.1 Å². The number of ether oxygens (including phenoxy) is 4. The topological polar surface area (TPSA) is 91.7 Å². The van der Waals surface area contributed by atoms with Crippen LogP contribution in [-0.2, 0) is 34.1 Å². The molecule has 15 heteroatoms. The third-order valence-electron chi connectivity index (χ3n) is 16.0. The molecule has 9 nitrogen and oxygen atoms in total. The Morgan fingerprint density at radius 1 is 0.329 bits per heavy atom. The van der Waals surface area contributed by atoms with Crippen molar-refractivity contribution in [2.75, 3.05) is 32.9 Å². The number of benzene rings is 7. The molecule has 0 saturated heterocycles. The predicted octanol–water partition coefficient (Wildman–Crippen LogP) is 9.70. The summed E-state index contributed by atoms with van der Waals surface area (Å²) in [6.07, 6.45) is 17.1. The second-order valence-electron chi connectivity index (χ2n) is 21.5. The molecule has 85 heavy (non-hydrogen) atoms. The van der Waals surface area contributed by atoms with Crippen LogP contribution in [-0.4, -0.2) is 48.4 Å². The SMILES string of the molecule is COc1cc(C2CC2)ccc1P(c1ccc(C2CC2)cc1OC)N(c1ccccc1)P(c1ccc(C2CC2)cc1OC)c1ccc(C2CC2)cc1OC.[Cu+].[Cu+].[I-].[I-].c1cnc2c(c1)ccc1cccnc12.c1cnc2c(c1)ccc1cccnc12. The first-order chi connectivity index (χ1) is 40.0. The quantitative estimate of drug-likeness (QED) is 0.0431. The third-order valence-corrected chi connectivity index (χ3v) is 21.6. The van der Waals surface area contributed by atoms with E-state index >= 15 is 0 Å². The molecular weight excluding hydrogens is 1420 g/mol. The first-order valence-corrected chi connectivity index (χ1v) is 30.9. The largest absolute Gasteiger partial charge is 1.00 e. The molecule has 4 heterocycles. The Morgan fingerprint density at radius 3 is 0.824 bits per heavy atom. The van der Waals surface area contributed by atoms with Crippen molar-refractivity contribution in [2.45, 2.75) is 75.0 Å². The smallest absolute Gasteiger partial charge is 1.00 e. The summed E-state index contributed by atoms with van der Waals surface area (Å²) in [5.74, 6) is 6.16. The summed E-state index contributed by atoms with van der Waals surface area (Å²) in [6, 6.07) is 63.2. The Balaban J connectivity index is 0.000000219. The number of para-hydroxylation sites is 1. The predicted molar refractivity (Wildman–Crippen MR) is 335 cm³/mol. The van der Waals surface area contributed by atoms with E-state index in [0.717, 1.165) is 72.3 Å². The maximum Gasteiger partial charge on any atom is 1.00 e. The van der Waals surface area contributed by atoms with Gasteiger partial charge in [0.25, 0.3) is 0 Å². The van der Waals surface area contributed by atoms with Gasteiger partial charge >= 0.3 is 34.1 Å². The monoisotopic (exact) mass is 1480 g/mol. The van der Waals surface area contributed by atoms with Crippen LogP contribution in [0.3, 0.4) is 0 Å². The van der Waals surface area contributed by atoms with Crippen LogP contribution in [0.1, 0.15) is 97.3 Å². The first kappa shape index (κ1) is 64.0. The van der Waals surface area contributed by atoms with Crippen LogP contribution in [0.15, 0.2) is 201 Å². The van der Waals surface area contributed by atoms with Gasteiger partial charge in [0.2, 0.25) is 0 Å². The second-order valence-corrected chi connectivity index (χ2v) is 25.8. The number of rotatable bonds is 15. The van der Waals surface area contributed by atoms with E-state index in [1.807, 2.05) is 52.7 Å². The molecular formula is C70H65Cu2I2N5O4P2. The zero-order valence-electron chi connectivity index (χ0n) is 47.6. The molecule has 4 fully saturated rings. The van der Waals surface area contributed by atoms with Gasteiger partial charge in [0, 0.05) is 73.2 Å². The van der Waals surface area contributed by atoms with Gasteiger partial charge < -0.3 is 71.3 Å². The van der Waals surface area contributed by atoms with Crippen LogP contribution < -0.4 is 92.6 Å². The minimum Gasteiger partial charge on any atom is -1.00 e. The number of hydrogen-bond donors (Lipinski definition) is 0. The molecule has 11 aromatic rings. The Bertz CT molecular complexity index is 3600. The zero-order valence-corrected chi connectivity index (χ0v) is 55.6.